The van der Waals surface area contributed by atoms with Gasteiger partial charge >= 0.3 is 0 Å². The first-order chi connectivity index (χ1) is 13.7. The first kappa shape index (κ1) is 22.3. The lowest BCUT2D eigenvalue weighted by atomic mass is 10.3. The highest BCUT2D eigenvalue weighted by Gasteiger charge is 2.21. The Kier molecular flexibility index (Phi) is 7.68. The van der Waals surface area contributed by atoms with Gasteiger partial charge in [0.05, 0.1) is 17.5 Å². The van der Waals surface area contributed by atoms with Crippen LogP contribution in [-0.2, 0) is 19.6 Å². The summed E-state index contributed by atoms with van der Waals surface area (Å²) >= 11 is 0. The molecule has 0 aromatic heterocycles. The van der Waals surface area contributed by atoms with Crippen molar-refractivity contribution in [1.82, 2.24) is 10.0 Å². The maximum atomic E-state index is 13.4. The molecule has 3 N–H and O–H groups in total. The maximum absolute atomic E-state index is 13.4. The Morgan fingerprint density at radius 3 is 2.38 bits per heavy atom. The van der Waals surface area contributed by atoms with E-state index in [9.17, 15) is 22.4 Å². The highest BCUT2D eigenvalue weighted by molar-refractivity contribution is 7.89. The molecule has 29 heavy (non-hydrogen) atoms. The lowest BCUT2D eigenvalue weighted by Crippen LogP contribution is -2.45. The fourth-order valence-electron chi connectivity index (χ4n) is 2.33. The summed E-state index contributed by atoms with van der Waals surface area (Å²) in [5, 5.41) is 5.05. The minimum absolute atomic E-state index is 0.0246. The molecule has 0 fully saturated rings. The van der Waals surface area contributed by atoms with Gasteiger partial charge in [-0.15, -0.1) is 0 Å². The molecule has 10 heteroatoms. The topological polar surface area (TPSA) is 114 Å². The van der Waals surface area contributed by atoms with E-state index in [0.29, 0.717) is 5.69 Å². The smallest absolute Gasteiger partial charge is 0.241 e. The fraction of sp³-hybridized carbons (Fsp3) is 0.263. The molecule has 1 unspecified atom stereocenters. The SMILES string of the molecule is CC(=O)Nc1ccc(S(=O)(=O)NC(C)C(=O)NCCOc2ccccc2F)cc1. The van der Waals surface area contributed by atoms with Gasteiger partial charge in [0.2, 0.25) is 21.8 Å². The number of carbonyl (C=O) groups is 2. The lowest BCUT2D eigenvalue weighted by Gasteiger charge is -2.15. The van der Waals surface area contributed by atoms with E-state index in [-0.39, 0.29) is 29.7 Å². The monoisotopic (exact) mass is 423 g/mol. The van der Waals surface area contributed by atoms with Crippen LogP contribution in [-0.4, -0.2) is 39.4 Å². The van der Waals surface area contributed by atoms with Gasteiger partial charge in [0, 0.05) is 12.6 Å². The van der Waals surface area contributed by atoms with Crippen molar-refractivity contribution in [3.8, 4) is 5.75 Å². The Labute approximate surface area is 168 Å². The zero-order valence-electron chi connectivity index (χ0n) is 15.9. The van der Waals surface area contributed by atoms with Crippen LogP contribution in [0.5, 0.6) is 5.75 Å². The Morgan fingerprint density at radius 2 is 1.76 bits per heavy atom. The number of carbonyl (C=O) groups excluding carboxylic acids is 2. The second kappa shape index (κ2) is 9.99. The number of halogens is 1. The zero-order valence-corrected chi connectivity index (χ0v) is 16.8. The summed E-state index contributed by atoms with van der Waals surface area (Å²) < 4.78 is 45.7. The quantitative estimate of drug-likeness (QED) is 0.531. The summed E-state index contributed by atoms with van der Waals surface area (Å²) in [5.74, 6) is -1.27. The van der Waals surface area contributed by atoms with Gasteiger partial charge in [0.25, 0.3) is 0 Å². The third-order valence-corrected chi connectivity index (χ3v) is 5.26. The largest absolute Gasteiger partial charge is 0.489 e. The average Bonchev–Trinajstić information content (AvgIpc) is 2.66. The summed E-state index contributed by atoms with van der Waals surface area (Å²) in [6.07, 6.45) is 0. The summed E-state index contributed by atoms with van der Waals surface area (Å²) in [4.78, 5) is 23.1. The maximum Gasteiger partial charge on any atom is 0.241 e. The zero-order chi connectivity index (χ0) is 21.4. The molecule has 2 aromatic carbocycles. The number of para-hydroxylation sites is 1. The number of amides is 2. The van der Waals surface area contributed by atoms with Gasteiger partial charge in [-0.1, -0.05) is 12.1 Å². The minimum atomic E-state index is -3.93. The predicted octanol–water partition coefficient (Wildman–Crippen LogP) is 1.65. The van der Waals surface area contributed by atoms with Crippen molar-refractivity contribution in [1.29, 1.82) is 0 Å². The number of ether oxygens (including phenoxy) is 1. The van der Waals surface area contributed by atoms with Gasteiger partial charge in [0.1, 0.15) is 6.61 Å². The van der Waals surface area contributed by atoms with Gasteiger partial charge < -0.3 is 15.4 Å². The first-order valence-electron chi connectivity index (χ1n) is 8.74. The van der Waals surface area contributed by atoms with Crippen LogP contribution >= 0.6 is 0 Å². The van der Waals surface area contributed by atoms with Crippen molar-refractivity contribution in [2.75, 3.05) is 18.5 Å². The highest BCUT2D eigenvalue weighted by atomic mass is 32.2. The van der Waals surface area contributed by atoms with Crippen LogP contribution < -0.4 is 20.1 Å². The number of rotatable bonds is 9. The second-order valence-electron chi connectivity index (χ2n) is 6.12. The molecule has 0 radical (unpaired) electrons. The molecule has 2 amide bonds. The molecule has 0 bridgehead atoms. The fourth-order valence-corrected chi connectivity index (χ4v) is 3.53. The number of nitrogens with one attached hydrogen (secondary N) is 3. The van der Waals surface area contributed by atoms with E-state index in [0.717, 1.165) is 0 Å². The summed E-state index contributed by atoms with van der Waals surface area (Å²) in [5.41, 5.74) is 0.456. The molecule has 1 atom stereocenters. The molecule has 2 rings (SSSR count). The number of anilines is 1. The third kappa shape index (κ3) is 6.84. The second-order valence-corrected chi connectivity index (χ2v) is 7.83. The van der Waals surface area contributed by atoms with Crippen molar-refractivity contribution in [2.45, 2.75) is 24.8 Å². The number of sulfonamides is 1. The Bertz CT molecular complexity index is 964. The number of benzene rings is 2. The number of hydrogen-bond acceptors (Lipinski definition) is 5. The lowest BCUT2D eigenvalue weighted by molar-refractivity contribution is -0.122. The van der Waals surface area contributed by atoms with Gasteiger partial charge in [-0.3, -0.25) is 9.59 Å². The van der Waals surface area contributed by atoms with Crippen molar-refractivity contribution >= 4 is 27.5 Å². The third-order valence-electron chi connectivity index (χ3n) is 3.71. The van der Waals surface area contributed by atoms with Crippen LogP contribution in [0, 0.1) is 5.82 Å². The molecule has 8 nitrogen and oxygen atoms in total. The van der Waals surface area contributed by atoms with E-state index in [2.05, 4.69) is 15.4 Å². The normalized spacial score (nSPS) is 12.1. The molecule has 0 heterocycles. The average molecular weight is 423 g/mol. The van der Waals surface area contributed by atoms with Crippen molar-refractivity contribution in [3.63, 3.8) is 0 Å². The standard InChI is InChI=1S/C19H22FN3O5S/c1-13(19(25)21-11-12-28-18-6-4-3-5-17(18)20)23-29(26,27)16-9-7-15(8-10-16)22-14(2)24/h3-10,13,23H,11-12H2,1-2H3,(H,21,25)(H,22,24). The van der Waals surface area contributed by atoms with E-state index < -0.39 is 27.8 Å². The predicted molar refractivity (Wildman–Crippen MR) is 105 cm³/mol. The van der Waals surface area contributed by atoms with Crippen LogP contribution in [0.25, 0.3) is 0 Å². The van der Waals surface area contributed by atoms with Crippen LogP contribution in [0.1, 0.15) is 13.8 Å². The molecular weight excluding hydrogens is 401 g/mol. The van der Waals surface area contributed by atoms with Crippen molar-refractivity contribution in [2.24, 2.45) is 0 Å². The molecule has 2 aromatic rings. The van der Waals surface area contributed by atoms with E-state index in [1.54, 1.807) is 6.07 Å². The molecule has 0 spiro atoms. The number of hydrogen-bond donors (Lipinski definition) is 3. The van der Waals surface area contributed by atoms with E-state index >= 15 is 0 Å². The Balaban J connectivity index is 1.84. The van der Waals surface area contributed by atoms with Crippen LogP contribution in [0.4, 0.5) is 10.1 Å². The molecule has 156 valence electrons. The van der Waals surface area contributed by atoms with E-state index in [1.165, 1.54) is 56.3 Å². The van der Waals surface area contributed by atoms with Gasteiger partial charge in [-0.05, 0) is 43.3 Å². The van der Waals surface area contributed by atoms with Gasteiger partial charge in [0.15, 0.2) is 11.6 Å². The highest BCUT2D eigenvalue weighted by Crippen LogP contribution is 2.15. The summed E-state index contributed by atoms with van der Waals surface area (Å²) in [7, 11) is -3.93. The summed E-state index contributed by atoms with van der Waals surface area (Å²) in [6.45, 7) is 2.84. The molecule has 0 saturated heterocycles. The van der Waals surface area contributed by atoms with Crippen LogP contribution in [0.2, 0.25) is 0 Å². The van der Waals surface area contributed by atoms with Crippen LogP contribution in [0.15, 0.2) is 53.4 Å². The molecule has 0 saturated carbocycles. The van der Waals surface area contributed by atoms with E-state index in [4.69, 9.17) is 4.74 Å². The van der Waals surface area contributed by atoms with Crippen LogP contribution in [0.3, 0.4) is 0 Å². The first-order valence-corrected chi connectivity index (χ1v) is 10.2. The molecule has 0 aliphatic rings. The van der Waals surface area contributed by atoms with E-state index in [1.807, 2.05) is 0 Å². The molecular formula is C19H22FN3O5S. The Hall–Kier alpha value is -2.98. The van der Waals surface area contributed by atoms with Gasteiger partial charge in [-0.25, -0.2) is 12.8 Å². The molecule has 0 aliphatic carbocycles. The molecule has 0 aliphatic heterocycles. The van der Waals surface area contributed by atoms with Crippen molar-refractivity contribution in [3.05, 3.63) is 54.3 Å². The Morgan fingerprint density at radius 1 is 1.10 bits per heavy atom. The van der Waals surface area contributed by atoms with Gasteiger partial charge in [-0.2, -0.15) is 4.72 Å². The summed E-state index contributed by atoms with van der Waals surface area (Å²) in [6, 6.07) is 10.4. The van der Waals surface area contributed by atoms with Crippen molar-refractivity contribution < 1.29 is 27.1 Å². The minimum Gasteiger partial charge on any atom is -0.489 e.